The Morgan fingerprint density at radius 1 is 1.40 bits per heavy atom. The molecule has 0 spiro atoms. The van der Waals surface area contributed by atoms with Crippen molar-refractivity contribution in [1.82, 2.24) is 10.6 Å². The number of carbonyl (C=O) groups is 1. The van der Waals surface area contributed by atoms with E-state index in [-0.39, 0.29) is 11.5 Å². The van der Waals surface area contributed by atoms with Crippen LogP contribution in [0.25, 0.3) is 0 Å². The summed E-state index contributed by atoms with van der Waals surface area (Å²) in [5, 5.41) is 6.17. The van der Waals surface area contributed by atoms with Crippen LogP contribution in [0.1, 0.15) is 37.8 Å². The molecule has 1 aromatic rings. The minimum Gasteiger partial charge on any atom is -0.487 e. The highest BCUT2D eigenvalue weighted by Gasteiger charge is 2.31. The third-order valence-corrected chi connectivity index (χ3v) is 3.72. The predicted molar refractivity (Wildman–Crippen MR) is 77.7 cm³/mol. The number of hydrogen-bond donors (Lipinski definition) is 2. The Morgan fingerprint density at radius 2 is 2.20 bits per heavy atom. The van der Waals surface area contributed by atoms with Gasteiger partial charge in [-0.05, 0) is 32.3 Å². The highest BCUT2D eigenvalue weighted by atomic mass is 16.5. The van der Waals surface area contributed by atoms with Crippen LogP contribution in [0.3, 0.4) is 0 Å². The first kappa shape index (κ1) is 13.4. The molecule has 4 nitrogen and oxygen atoms in total. The molecule has 4 heteroatoms. The van der Waals surface area contributed by atoms with Crippen LogP contribution in [-0.2, 0) is 17.8 Å². The van der Waals surface area contributed by atoms with E-state index in [0.29, 0.717) is 19.1 Å². The van der Waals surface area contributed by atoms with E-state index < -0.39 is 0 Å². The molecule has 2 N–H and O–H groups in total. The van der Waals surface area contributed by atoms with Crippen molar-refractivity contribution in [2.24, 2.45) is 0 Å². The van der Waals surface area contributed by atoms with Crippen molar-refractivity contribution in [2.75, 3.05) is 6.54 Å². The van der Waals surface area contributed by atoms with Crippen molar-refractivity contribution in [3.05, 3.63) is 29.3 Å². The van der Waals surface area contributed by atoms with Crippen LogP contribution in [0, 0.1) is 0 Å². The molecular weight excluding hydrogens is 252 g/mol. The number of nitrogens with one attached hydrogen (secondary N) is 2. The van der Waals surface area contributed by atoms with E-state index in [0.717, 1.165) is 30.6 Å². The maximum atomic E-state index is 11.6. The molecular formula is C16H22N2O2. The van der Waals surface area contributed by atoms with Gasteiger partial charge < -0.3 is 15.4 Å². The first-order chi connectivity index (χ1) is 9.53. The summed E-state index contributed by atoms with van der Waals surface area (Å²) in [6.45, 7) is 5.24. The number of carbonyl (C=O) groups excluding carboxylic acids is 1. The molecule has 20 heavy (non-hydrogen) atoms. The summed E-state index contributed by atoms with van der Waals surface area (Å²) in [7, 11) is 0. The summed E-state index contributed by atoms with van der Waals surface area (Å²) in [5.74, 6) is 1.08. The molecule has 0 bridgehead atoms. The quantitative estimate of drug-likeness (QED) is 0.860. The van der Waals surface area contributed by atoms with E-state index in [4.69, 9.17) is 4.74 Å². The standard InChI is InChI=1S/C16H22N2O2/c1-16(2)8-11-4-3-5-12(15(11)20-16)9-17-10-14(19)18-13-6-7-13/h3-5,13,17H,6-10H2,1-2H3,(H,18,19). The number of rotatable bonds is 5. The van der Waals surface area contributed by atoms with E-state index in [9.17, 15) is 4.79 Å². The fraction of sp³-hybridized carbons (Fsp3) is 0.562. The Kier molecular flexibility index (Phi) is 3.42. The van der Waals surface area contributed by atoms with Gasteiger partial charge in [-0.3, -0.25) is 4.79 Å². The minimum atomic E-state index is -0.123. The van der Waals surface area contributed by atoms with E-state index in [2.05, 4.69) is 42.7 Å². The van der Waals surface area contributed by atoms with Gasteiger partial charge in [0, 0.05) is 24.6 Å². The molecule has 0 saturated heterocycles. The van der Waals surface area contributed by atoms with Gasteiger partial charge in [-0.2, -0.15) is 0 Å². The smallest absolute Gasteiger partial charge is 0.234 e. The molecule has 3 rings (SSSR count). The van der Waals surface area contributed by atoms with Crippen LogP contribution in [0.4, 0.5) is 0 Å². The maximum Gasteiger partial charge on any atom is 0.234 e. The summed E-state index contributed by atoms with van der Waals surface area (Å²) >= 11 is 0. The average Bonchev–Trinajstić information content (AvgIpc) is 3.10. The fourth-order valence-electron chi connectivity index (χ4n) is 2.64. The van der Waals surface area contributed by atoms with E-state index in [1.54, 1.807) is 0 Å². The van der Waals surface area contributed by atoms with Crippen LogP contribution in [0.2, 0.25) is 0 Å². The largest absolute Gasteiger partial charge is 0.487 e. The van der Waals surface area contributed by atoms with Crippen LogP contribution in [-0.4, -0.2) is 24.1 Å². The van der Waals surface area contributed by atoms with Crippen LogP contribution in [0.5, 0.6) is 5.75 Å². The lowest BCUT2D eigenvalue weighted by Gasteiger charge is -2.18. The zero-order valence-corrected chi connectivity index (χ0v) is 12.2. The Morgan fingerprint density at radius 3 is 2.95 bits per heavy atom. The second-order valence-electron chi connectivity index (χ2n) is 6.39. The minimum absolute atomic E-state index is 0.0846. The van der Waals surface area contributed by atoms with Crippen molar-refractivity contribution in [3.8, 4) is 5.75 Å². The van der Waals surface area contributed by atoms with Gasteiger partial charge in [0.25, 0.3) is 0 Å². The molecule has 1 aliphatic carbocycles. The summed E-state index contributed by atoms with van der Waals surface area (Å²) in [6, 6.07) is 6.67. The van der Waals surface area contributed by atoms with Crippen molar-refractivity contribution < 1.29 is 9.53 Å². The van der Waals surface area contributed by atoms with Crippen LogP contribution < -0.4 is 15.4 Å². The molecule has 0 radical (unpaired) electrons. The number of hydrogen-bond acceptors (Lipinski definition) is 3. The molecule has 1 aliphatic heterocycles. The van der Waals surface area contributed by atoms with Gasteiger partial charge in [-0.1, -0.05) is 18.2 Å². The lowest BCUT2D eigenvalue weighted by atomic mass is 10.0. The van der Waals surface area contributed by atoms with Gasteiger partial charge in [0.15, 0.2) is 0 Å². The fourth-order valence-corrected chi connectivity index (χ4v) is 2.64. The molecule has 0 unspecified atom stereocenters. The zero-order chi connectivity index (χ0) is 14.2. The Labute approximate surface area is 119 Å². The summed E-state index contributed by atoms with van der Waals surface area (Å²) in [6.07, 6.45) is 3.19. The van der Waals surface area contributed by atoms with Gasteiger partial charge in [0.2, 0.25) is 5.91 Å². The summed E-state index contributed by atoms with van der Waals surface area (Å²) in [5.41, 5.74) is 2.27. The summed E-state index contributed by atoms with van der Waals surface area (Å²) in [4.78, 5) is 11.6. The van der Waals surface area contributed by atoms with Crippen molar-refractivity contribution in [2.45, 2.75) is 51.3 Å². The molecule has 0 aromatic heterocycles. The molecule has 1 amide bonds. The van der Waals surface area contributed by atoms with Gasteiger partial charge in [-0.15, -0.1) is 0 Å². The number of amides is 1. The number of benzene rings is 1. The molecule has 1 heterocycles. The average molecular weight is 274 g/mol. The molecule has 1 saturated carbocycles. The van der Waals surface area contributed by atoms with Gasteiger partial charge in [0.1, 0.15) is 11.4 Å². The molecule has 108 valence electrons. The van der Waals surface area contributed by atoms with E-state index in [1.807, 2.05) is 0 Å². The first-order valence-corrected chi connectivity index (χ1v) is 7.33. The SMILES string of the molecule is CC1(C)Cc2cccc(CNCC(=O)NC3CC3)c2O1. The highest BCUT2D eigenvalue weighted by Crippen LogP contribution is 2.37. The Balaban J connectivity index is 1.56. The molecule has 2 aliphatic rings. The number of para-hydroxylation sites is 1. The predicted octanol–water partition coefficient (Wildman–Crippen LogP) is 1.77. The van der Waals surface area contributed by atoms with Crippen molar-refractivity contribution >= 4 is 5.91 Å². The first-order valence-electron chi connectivity index (χ1n) is 7.33. The Hall–Kier alpha value is -1.55. The highest BCUT2D eigenvalue weighted by molar-refractivity contribution is 5.78. The number of fused-ring (bicyclic) bond motifs is 1. The molecule has 0 atom stereocenters. The van der Waals surface area contributed by atoms with Gasteiger partial charge >= 0.3 is 0 Å². The Bertz CT molecular complexity index is 521. The third kappa shape index (κ3) is 3.12. The second-order valence-corrected chi connectivity index (χ2v) is 6.39. The molecule has 1 fully saturated rings. The second kappa shape index (κ2) is 5.09. The number of ether oxygens (including phenoxy) is 1. The third-order valence-electron chi connectivity index (χ3n) is 3.72. The topological polar surface area (TPSA) is 50.4 Å². The normalized spacial score (nSPS) is 19.3. The summed E-state index contributed by atoms with van der Waals surface area (Å²) < 4.78 is 6.02. The van der Waals surface area contributed by atoms with E-state index >= 15 is 0 Å². The van der Waals surface area contributed by atoms with Gasteiger partial charge in [0.05, 0.1) is 6.54 Å². The zero-order valence-electron chi connectivity index (χ0n) is 12.2. The van der Waals surface area contributed by atoms with Gasteiger partial charge in [-0.25, -0.2) is 0 Å². The lowest BCUT2D eigenvalue weighted by molar-refractivity contribution is -0.120. The van der Waals surface area contributed by atoms with E-state index in [1.165, 1.54) is 5.56 Å². The van der Waals surface area contributed by atoms with Crippen molar-refractivity contribution in [1.29, 1.82) is 0 Å². The maximum absolute atomic E-state index is 11.6. The van der Waals surface area contributed by atoms with Crippen LogP contribution >= 0.6 is 0 Å². The molecule has 1 aromatic carbocycles. The monoisotopic (exact) mass is 274 g/mol. The van der Waals surface area contributed by atoms with Crippen molar-refractivity contribution in [3.63, 3.8) is 0 Å². The van der Waals surface area contributed by atoms with Crippen LogP contribution in [0.15, 0.2) is 18.2 Å². The lowest BCUT2D eigenvalue weighted by Crippen LogP contribution is -2.34.